The Labute approximate surface area is 118 Å². The Hall–Kier alpha value is -1.35. The molecule has 1 fully saturated rings. The highest BCUT2D eigenvalue weighted by molar-refractivity contribution is 7.91. The molecule has 1 saturated heterocycles. The van der Waals surface area contributed by atoms with Crippen LogP contribution in [0.2, 0.25) is 0 Å². The monoisotopic (exact) mass is 308 g/mol. The van der Waals surface area contributed by atoms with Crippen molar-refractivity contribution >= 4 is 21.8 Å². The van der Waals surface area contributed by atoms with E-state index in [4.69, 9.17) is 9.84 Å². The Balaban J connectivity index is 2.78. The summed E-state index contributed by atoms with van der Waals surface area (Å²) in [6, 6.07) is -1.07. The SMILES string of the molecule is COCCN(C)C(=O)N(CC(=O)O)C1CCS(=O)(=O)C1. The fraction of sp³-hybridized carbons (Fsp3) is 0.818. The topological polar surface area (TPSA) is 104 Å². The molecule has 2 amide bonds. The summed E-state index contributed by atoms with van der Waals surface area (Å²) >= 11 is 0. The lowest BCUT2D eigenvalue weighted by atomic mass is 10.2. The molecule has 0 aromatic carbocycles. The Bertz CT molecular complexity index is 464. The number of sulfone groups is 1. The zero-order valence-electron chi connectivity index (χ0n) is 11.6. The molecule has 1 heterocycles. The Morgan fingerprint density at radius 1 is 1.40 bits per heavy atom. The first-order valence-electron chi connectivity index (χ1n) is 6.19. The normalized spacial score (nSPS) is 20.6. The van der Waals surface area contributed by atoms with Crippen molar-refractivity contribution in [1.82, 2.24) is 9.80 Å². The van der Waals surface area contributed by atoms with Crippen LogP contribution in [-0.4, -0.2) is 86.7 Å². The van der Waals surface area contributed by atoms with Gasteiger partial charge >= 0.3 is 12.0 Å². The number of ether oxygens (including phenoxy) is 1. The maximum atomic E-state index is 12.2. The summed E-state index contributed by atoms with van der Waals surface area (Å²) in [7, 11) is -0.158. The van der Waals surface area contributed by atoms with Crippen molar-refractivity contribution in [2.24, 2.45) is 0 Å². The summed E-state index contributed by atoms with van der Waals surface area (Å²) in [6.07, 6.45) is 0.277. The molecule has 8 nitrogen and oxygen atoms in total. The fourth-order valence-electron chi connectivity index (χ4n) is 2.06. The molecule has 0 aliphatic carbocycles. The van der Waals surface area contributed by atoms with Crippen LogP contribution in [-0.2, 0) is 19.4 Å². The molecule has 1 rings (SSSR count). The van der Waals surface area contributed by atoms with Gasteiger partial charge in [0.05, 0.1) is 18.1 Å². The van der Waals surface area contributed by atoms with Crippen LogP contribution in [0.1, 0.15) is 6.42 Å². The van der Waals surface area contributed by atoms with Gasteiger partial charge in [0.25, 0.3) is 0 Å². The molecule has 20 heavy (non-hydrogen) atoms. The minimum absolute atomic E-state index is 0.0111. The van der Waals surface area contributed by atoms with Crippen LogP contribution >= 0.6 is 0 Å². The molecule has 1 N–H and O–H groups in total. The zero-order chi connectivity index (χ0) is 15.3. The third-order valence-corrected chi connectivity index (χ3v) is 4.91. The highest BCUT2D eigenvalue weighted by Gasteiger charge is 2.36. The number of carboxylic acids is 1. The number of nitrogens with zero attached hydrogens (tertiary/aromatic N) is 2. The van der Waals surface area contributed by atoms with Crippen LogP contribution in [0.4, 0.5) is 4.79 Å². The van der Waals surface area contributed by atoms with Crippen molar-refractivity contribution in [3.05, 3.63) is 0 Å². The lowest BCUT2D eigenvalue weighted by Gasteiger charge is -2.31. The third kappa shape index (κ3) is 4.64. The van der Waals surface area contributed by atoms with Crippen molar-refractivity contribution < 1.29 is 27.9 Å². The summed E-state index contributed by atoms with van der Waals surface area (Å²) < 4.78 is 27.8. The lowest BCUT2D eigenvalue weighted by molar-refractivity contribution is -0.138. The summed E-state index contributed by atoms with van der Waals surface area (Å²) in [5, 5.41) is 8.89. The number of carbonyl (C=O) groups is 2. The minimum atomic E-state index is -3.18. The van der Waals surface area contributed by atoms with Gasteiger partial charge in [-0.2, -0.15) is 0 Å². The fourth-order valence-corrected chi connectivity index (χ4v) is 3.79. The van der Waals surface area contributed by atoms with Gasteiger partial charge < -0.3 is 19.6 Å². The Morgan fingerprint density at radius 3 is 2.50 bits per heavy atom. The number of aliphatic carboxylic acids is 1. The lowest BCUT2D eigenvalue weighted by Crippen LogP contribution is -2.50. The van der Waals surface area contributed by atoms with Gasteiger partial charge in [0, 0.05) is 26.7 Å². The van der Waals surface area contributed by atoms with Crippen molar-refractivity contribution in [2.75, 3.05) is 45.4 Å². The third-order valence-electron chi connectivity index (χ3n) is 3.16. The molecule has 1 atom stereocenters. The van der Waals surface area contributed by atoms with Crippen LogP contribution < -0.4 is 0 Å². The molecule has 0 radical (unpaired) electrons. The van der Waals surface area contributed by atoms with Crippen LogP contribution in [0.3, 0.4) is 0 Å². The molecule has 1 unspecified atom stereocenters. The van der Waals surface area contributed by atoms with E-state index >= 15 is 0 Å². The standard InChI is InChI=1S/C11H20N2O6S/c1-12(4-5-19-2)11(16)13(7-10(14)15)9-3-6-20(17,18)8-9/h9H,3-8H2,1-2H3,(H,14,15). The largest absolute Gasteiger partial charge is 0.480 e. The Kier molecular flexibility index (Phi) is 5.75. The Morgan fingerprint density at radius 2 is 2.05 bits per heavy atom. The van der Waals surface area contributed by atoms with Crippen molar-refractivity contribution in [2.45, 2.75) is 12.5 Å². The molecule has 0 aromatic heterocycles. The van der Waals surface area contributed by atoms with E-state index < -0.39 is 34.4 Å². The predicted octanol–water partition coefficient (Wildman–Crippen LogP) is -0.742. The van der Waals surface area contributed by atoms with E-state index in [0.29, 0.717) is 13.2 Å². The summed E-state index contributed by atoms with van der Waals surface area (Å²) in [5.41, 5.74) is 0. The smallest absolute Gasteiger partial charge is 0.323 e. The summed E-state index contributed by atoms with van der Waals surface area (Å²) in [4.78, 5) is 25.5. The molecule has 9 heteroatoms. The average molecular weight is 308 g/mol. The number of hydrogen-bond acceptors (Lipinski definition) is 5. The van der Waals surface area contributed by atoms with Gasteiger partial charge in [-0.1, -0.05) is 0 Å². The number of likely N-dealkylation sites (N-methyl/N-ethyl adjacent to an activating group) is 1. The summed E-state index contributed by atoms with van der Waals surface area (Å²) in [6.45, 7) is 0.132. The minimum Gasteiger partial charge on any atom is -0.480 e. The molecule has 0 spiro atoms. The highest BCUT2D eigenvalue weighted by atomic mass is 32.2. The van der Waals surface area contributed by atoms with Gasteiger partial charge in [-0.3, -0.25) is 4.79 Å². The van der Waals surface area contributed by atoms with E-state index in [9.17, 15) is 18.0 Å². The van der Waals surface area contributed by atoms with E-state index in [1.54, 1.807) is 0 Å². The number of urea groups is 1. The van der Waals surface area contributed by atoms with E-state index in [2.05, 4.69) is 0 Å². The van der Waals surface area contributed by atoms with E-state index in [-0.39, 0.29) is 17.9 Å². The second kappa shape index (κ2) is 6.89. The van der Waals surface area contributed by atoms with E-state index in [1.807, 2.05) is 0 Å². The zero-order valence-corrected chi connectivity index (χ0v) is 12.4. The number of amides is 2. The van der Waals surface area contributed by atoms with Gasteiger partial charge in [0.2, 0.25) is 0 Å². The van der Waals surface area contributed by atoms with Crippen LogP contribution in [0.5, 0.6) is 0 Å². The predicted molar refractivity (Wildman–Crippen MR) is 71.3 cm³/mol. The second-order valence-electron chi connectivity index (χ2n) is 4.78. The molecule has 1 aliphatic heterocycles. The van der Waals surface area contributed by atoms with Gasteiger partial charge in [-0.05, 0) is 6.42 Å². The number of carboxylic acid groups (broad SMARTS) is 1. The maximum absolute atomic E-state index is 12.2. The quantitative estimate of drug-likeness (QED) is 0.693. The van der Waals surface area contributed by atoms with Gasteiger partial charge in [0.15, 0.2) is 9.84 Å². The maximum Gasteiger partial charge on any atom is 0.323 e. The molecule has 116 valence electrons. The number of carbonyl (C=O) groups excluding carboxylic acids is 1. The first kappa shape index (κ1) is 16.7. The van der Waals surface area contributed by atoms with Crippen molar-refractivity contribution in [3.8, 4) is 0 Å². The second-order valence-corrected chi connectivity index (χ2v) is 7.00. The molecule has 0 bridgehead atoms. The van der Waals surface area contributed by atoms with Crippen LogP contribution in [0.25, 0.3) is 0 Å². The number of rotatable bonds is 6. The van der Waals surface area contributed by atoms with Crippen LogP contribution in [0, 0.1) is 0 Å². The van der Waals surface area contributed by atoms with Crippen molar-refractivity contribution in [3.63, 3.8) is 0 Å². The van der Waals surface area contributed by atoms with Crippen molar-refractivity contribution in [1.29, 1.82) is 0 Å². The van der Waals surface area contributed by atoms with Crippen LogP contribution in [0.15, 0.2) is 0 Å². The first-order valence-corrected chi connectivity index (χ1v) is 8.02. The number of hydrogen-bond donors (Lipinski definition) is 1. The van der Waals surface area contributed by atoms with Gasteiger partial charge in [0.1, 0.15) is 6.54 Å². The molecule has 1 aliphatic rings. The summed E-state index contributed by atoms with van der Waals surface area (Å²) in [5.74, 6) is -1.35. The van der Waals surface area contributed by atoms with E-state index in [0.717, 1.165) is 4.90 Å². The first-order chi connectivity index (χ1) is 9.26. The molecule has 0 saturated carbocycles. The molecule has 0 aromatic rings. The average Bonchev–Trinajstić information content (AvgIpc) is 2.72. The van der Waals surface area contributed by atoms with E-state index in [1.165, 1.54) is 19.1 Å². The highest BCUT2D eigenvalue weighted by Crippen LogP contribution is 2.18. The van der Waals surface area contributed by atoms with Gasteiger partial charge in [-0.15, -0.1) is 0 Å². The molecular weight excluding hydrogens is 288 g/mol. The number of methoxy groups -OCH3 is 1. The van der Waals surface area contributed by atoms with Gasteiger partial charge in [-0.25, -0.2) is 13.2 Å². The molecular formula is C11H20N2O6S.